The molecule has 1 aliphatic carbocycles. The fourth-order valence-electron chi connectivity index (χ4n) is 1.05. The van der Waals surface area contributed by atoms with E-state index >= 15 is 0 Å². The Morgan fingerprint density at radius 1 is 1.36 bits per heavy atom. The molecule has 1 saturated carbocycles. The average Bonchev–Trinajstić information content (AvgIpc) is 2.06. The van der Waals surface area contributed by atoms with Gasteiger partial charge in [-0.3, -0.25) is 9.59 Å². The Labute approximate surface area is 87.4 Å². The Balaban J connectivity index is 2.21. The van der Waals surface area contributed by atoms with E-state index in [2.05, 4.69) is 22.9 Å². The van der Waals surface area contributed by atoms with Gasteiger partial charge in [0.05, 0.1) is 11.5 Å². The number of hydrogen-bond acceptors (Lipinski definition) is 3. The maximum absolute atomic E-state index is 11.2. The summed E-state index contributed by atoms with van der Waals surface area (Å²) in [5.41, 5.74) is 5.16. The van der Waals surface area contributed by atoms with Crippen molar-refractivity contribution >= 4 is 29.0 Å². The van der Waals surface area contributed by atoms with Gasteiger partial charge in [-0.1, -0.05) is 12.2 Å². The number of rotatable bonds is 3. The standard InChI is InChI=1S/C8H13N3O2S/c9-6(14)4-10-7(12)8(13)11-5-2-1-3-5/h5H,1-4H2,(H2,9,14)(H,10,12)(H,11,13). The molecule has 5 nitrogen and oxygen atoms in total. The summed E-state index contributed by atoms with van der Waals surface area (Å²) in [5.74, 6) is -1.28. The highest BCUT2D eigenvalue weighted by atomic mass is 32.1. The second kappa shape index (κ2) is 4.90. The van der Waals surface area contributed by atoms with Gasteiger partial charge in [-0.15, -0.1) is 0 Å². The third kappa shape index (κ3) is 3.29. The van der Waals surface area contributed by atoms with Gasteiger partial charge in [0.2, 0.25) is 0 Å². The molecule has 0 radical (unpaired) electrons. The highest BCUT2D eigenvalue weighted by Crippen LogP contribution is 2.17. The van der Waals surface area contributed by atoms with Gasteiger partial charge in [-0.25, -0.2) is 0 Å². The molecular weight excluding hydrogens is 202 g/mol. The quantitative estimate of drug-likeness (QED) is 0.419. The lowest BCUT2D eigenvalue weighted by Gasteiger charge is -2.25. The van der Waals surface area contributed by atoms with E-state index in [-0.39, 0.29) is 17.6 Å². The van der Waals surface area contributed by atoms with Crippen molar-refractivity contribution in [2.45, 2.75) is 25.3 Å². The highest BCUT2D eigenvalue weighted by Gasteiger charge is 2.22. The van der Waals surface area contributed by atoms with Crippen molar-refractivity contribution in [2.24, 2.45) is 5.73 Å². The normalized spacial score (nSPS) is 15.4. The van der Waals surface area contributed by atoms with E-state index in [0.717, 1.165) is 19.3 Å². The topological polar surface area (TPSA) is 84.2 Å². The number of nitrogens with one attached hydrogen (secondary N) is 2. The molecule has 0 aromatic carbocycles. The Morgan fingerprint density at radius 3 is 2.43 bits per heavy atom. The van der Waals surface area contributed by atoms with Crippen LogP contribution in [-0.4, -0.2) is 29.4 Å². The minimum atomic E-state index is -0.676. The smallest absolute Gasteiger partial charge is 0.309 e. The molecule has 1 fully saturated rings. The van der Waals surface area contributed by atoms with Crippen LogP contribution in [0.1, 0.15) is 19.3 Å². The number of hydrogen-bond donors (Lipinski definition) is 3. The minimum Gasteiger partial charge on any atom is -0.392 e. The van der Waals surface area contributed by atoms with Crippen LogP contribution in [0.25, 0.3) is 0 Å². The lowest BCUT2D eigenvalue weighted by atomic mass is 9.93. The first-order chi connectivity index (χ1) is 6.59. The summed E-state index contributed by atoms with van der Waals surface area (Å²) in [6.07, 6.45) is 3.02. The Hall–Kier alpha value is -1.17. The fourth-order valence-corrected chi connectivity index (χ4v) is 1.12. The maximum Gasteiger partial charge on any atom is 0.309 e. The van der Waals surface area contributed by atoms with Gasteiger partial charge >= 0.3 is 11.8 Å². The van der Waals surface area contributed by atoms with Gasteiger partial charge in [0, 0.05) is 6.04 Å². The van der Waals surface area contributed by atoms with Crippen molar-refractivity contribution in [3.05, 3.63) is 0 Å². The van der Waals surface area contributed by atoms with Crippen LogP contribution in [0.4, 0.5) is 0 Å². The molecule has 0 spiro atoms. The number of carbonyl (C=O) groups is 2. The summed E-state index contributed by atoms with van der Waals surface area (Å²) in [7, 11) is 0. The molecule has 0 aliphatic heterocycles. The Morgan fingerprint density at radius 2 is 2.00 bits per heavy atom. The van der Waals surface area contributed by atoms with Crippen LogP contribution in [0.15, 0.2) is 0 Å². The monoisotopic (exact) mass is 215 g/mol. The summed E-state index contributed by atoms with van der Waals surface area (Å²) in [6, 6.07) is 0.165. The first kappa shape index (κ1) is 10.9. The fraction of sp³-hybridized carbons (Fsp3) is 0.625. The van der Waals surface area contributed by atoms with Crippen molar-refractivity contribution < 1.29 is 9.59 Å². The molecule has 4 N–H and O–H groups in total. The molecule has 1 rings (SSSR count). The first-order valence-electron chi connectivity index (χ1n) is 4.46. The molecule has 0 saturated heterocycles. The van der Waals surface area contributed by atoms with E-state index in [4.69, 9.17) is 5.73 Å². The predicted molar refractivity (Wildman–Crippen MR) is 55.6 cm³/mol. The second-order valence-electron chi connectivity index (χ2n) is 3.25. The van der Waals surface area contributed by atoms with E-state index in [1.165, 1.54) is 0 Å². The van der Waals surface area contributed by atoms with E-state index < -0.39 is 11.8 Å². The second-order valence-corrected chi connectivity index (χ2v) is 3.77. The van der Waals surface area contributed by atoms with Crippen LogP contribution < -0.4 is 16.4 Å². The molecule has 1 aliphatic rings. The highest BCUT2D eigenvalue weighted by molar-refractivity contribution is 7.80. The molecule has 0 atom stereocenters. The van der Waals surface area contributed by atoms with Gasteiger partial charge in [0.15, 0.2) is 0 Å². The van der Waals surface area contributed by atoms with Crippen molar-refractivity contribution in [3.63, 3.8) is 0 Å². The molecule has 0 unspecified atom stereocenters. The number of carbonyl (C=O) groups excluding carboxylic acids is 2. The van der Waals surface area contributed by atoms with Crippen molar-refractivity contribution in [1.82, 2.24) is 10.6 Å². The minimum absolute atomic E-state index is 0.0618. The molecule has 2 amide bonds. The third-order valence-corrected chi connectivity index (χ3v) is 2.21. The molecule has 0 aromatic rings. The predicted octanol–water partition coefficient (Wildman–Crippen LogP) is -0.943. The van der Waals surface area contributed by atoms with Crippen molar-refractivity contribution in [2.75, 3.05) is 6.54 Å². The summed E-state index contributed by atoms with van der Waals surface area (Å²) in [5, 5.41) is 4.92. The molecule has 14 heavy (non-hydrogen) atoms. The summed E-state index contributed by atoms with van der Waals surface area (Å²) >= 11 is 4.55. The molecule has 0 aromatic heterocycles. The van der Waals surface area contributed by atoms with Gasteiger partial charge in [-0.05, 0) is 19.3 Å². The summed E-state index contributed by atoms with van der Waals surface area (Å²) in [4.78, 5) is 22.4. The van der Waals surface area contributed by atoms with Crippen LogP contribution in [0, 0.1) is 0 Å². The van der Waals surface area contributed by atoms with Crippen LogP contribution >= 0.6 is 12.2 Å². The zero-order chi connectivity index (χ0) is 10.6. The zero-order valence-corrected chi connectivity index (χ0v) is 8.52. The zero-order valence-electron chi connectivity index (χ0n) is 7.71. The van der Waals surface area contributed by atoms with Gasteiger partial charge in [-0.2, -0.15) is 0 Å². The average molecular weight is 215 g/mol. The van der Waals surface area contributed by atoms with Gasteiger partial charge in [0.1, 0.15) is 0 Å². The van der Waals surface area contributed by atoms with E-state index in [1.807, 2.05) is 0 Å². The Bertz CT molecular complexity index is 263. The molecular formula is C8H13N3O2S. The van der Waals surface area contributed by atoms with E-state index in [0.29, 0.717) is 0 Å². The lowest BCUT2D eigenvalue weighted by molar-refractivity contribution is -0.139. The van der Waals surface area contributed by atoms with Crippen LogP contribution in [-0.2, 0) is 9.59 Å². The van der Waals surface area contributed by atoms with Crippen molar-refractivity contribution in [3.8, 4) is 0 Å². The molecule has 0 bridgehead atoms. The van der Waals surface area contributed by atoms with E-state index in [9.17, 15) is 9.59 Å². The van der Waals surface area contributed by atoms with Crippen LogP contribution in [0.3, 0.4) is 0 Å². The maximum atomic E-state index is 11.2. The van der Waals surface area contributed by atoms with Gasteiger partial charge in [0.25, 0.3) is 0 Å². The number of nitrogens with two attached hydrogens (primary N) is 1. The number of thiocarbonyl (C=S) groups is 1. The summed E-state index contributed by atoms with van der Waals surface area (Å²) in [6.45, 7) is 0.0618. The molecule has 0 heterocycles. The van der Waals surface area contributed by atoms with Crippen LogP contribution in [0.5, 0.6) is 0 Å². The Kier molecular flexibility index (Phi) is 3.82. The van der Waals surface area contributed by atoms with Crippen LogP contribution in [0.2, 0.25) is 0 Å². The third-order valence-electron chi connectivity index (χ3n) is 2.07. The first-order valence-corrected chi connectivity index (χ1v) is 4.87. The molecule has 78 valence electrons. The molecule has 6 heteroatoms. The largest absolute Gasteiger partial charge is 0.392 e. The van der Waals surface area contributed by atoms with Gasteiger partial charge < -0.3 is 16.4 Å². The number of amides is 2. The summed E-state index contributed by atoms with van der Waals surface area (Å²) < 4.78 is 0. The SMILES string of the molecule is NC(=S)CNC(=O)C(=O)NC1CCC1. The lowest BCUT2D eigenvalue weighted by Crippen LogP contribution is -2.48. The van der Waals surface area contributed by atoms with E-state index in [1.54, 1.807) is 0 Å². The van der Waals surface area contributed by atoms with Crippen molar-refractivity contribution in [1.29, 1.82) is 0 Å².